The zero-order chi connectivity index (χ0) is 22.6. The maximum absolute atomic E-state index is 13.9. The van der Waals surface area contributed by atoms with Gasteiger partial charge in [0.15, 0.2) is 5.13 Å². The summed E-state index contributed by atoms with van der Waals surface area (Å²) in [7, 11) is 1.61. The first-order chi connectivity index (χ1) is 16.2. The van der Waals surface area contributed by atoms with Gasteiger partial charge in [-0.25, -0.2) is 4.98 Å². The van der Waals surface area contributed by atoms with E-state index in [0.29, 0.717) is 17.9 Å². The van der Waals surface area contributed by atoms with Gasteiger partial charge in [0.2, 0.25) is 0 Å². The molecule has 7 heteroatoms. The molecule has 1 amide bonds. The van der Waals surface area contributed by atoms with Gasteiger partial charge in [0, 0.05) is 26.2 Å². The van der Waals surface area contributed by atoms with Crippen molar-refractivity contribution in [2.45, 2.75) is 6.42 Å². The number of morpholine rings is 1. The molecule has 1 fully saturated rings. The molecule has 6 nitrogen and oxygen atoms in total. The number of hydrogen-bond donors (Lipinski definition) is 0. The van der Waals surface area contributed by atoms with Gasteiger partial charge < -0.3 is 9.47 Å². The van der Waals surface area contributed by atoms with Crippen molar-refractivity contribution in [2.24, 2.45) is 0 Å². The number of thiazole rings is 1. The van der Waals surface area contributed by atoms with E-state index in [1.165, 1.54) is 0 Å². The number of carbonyl (C=O) groups is 1. The molecule has 0 spiro atoms. The third-order valence-corrected chi connectivity index (χ3v) is 7.08. The molecule has 5 rings (SSSR count). The van der Waals surface area contributed by atoms with Crippen LogP contribution in [0.1, 0.15) is 16.8 Å². The van der Waals surface area contributed by atoms with Crippen LogP contribution >= 0.6 is 11.3 Å². The third kappa shape index (κ3) is 4.71. The van der Waals surface area contributed by atoms with E-state index in [2.05, 4.69) is 4.90 Å². The van der Waals surface area contributed by atoms with Crippen molar-refractivity contribution in [3.63, 3.8) is 0 Å². The maximum atomic E-state index is 13.9. The summed E-state index contributed by atoms with van der Waals surface area (Å²) < 4.78 is 12.2. The lowest BCUT2D eigenvalue weighted by molar-refractivity contribution is 0.0376. The fourth-order valence-corrected chi connectivity index (χ4v) is 5.23. The number of amides is 1. The highest BCUT2D eigenvalue weighted by Gasteiger charge is 2.25. The normalized spacial score (nSPS) is 14.6. The van der Waals surface area contributed by atoms with E-state index in [-0.39, 0.29) is 5.91 Å². The Labute approximate surface area is 197 Å². The number of ether oxygens (including phenoxy) is 2. The molecular weight excluding hydrogens is 434 g/mol. The van der Waals surface area contributed by atoms with Gasteiger partial charge in [-0.15, -0.1) is 0 Å². The predicted molar refractivity (Wildman–Crippen MR) is 134 cm³/mol. The van der Waals surface area contributed by atoms with Crippen LogP contribution < -0.4 is 9.64 Å². The van der Waals surface area contributed by atoms with Gasteiger partial charge in [-0.05, 0) is 41.5 Å². The van der Waals surface area contributed by atoms with E-state index in [9.17, 15) is 4.79 Å². The highest BCUT2D eigenvalue weighted by atomic mass is 32.1. The first-order valence-corrected chi connectivity index (χ1v) is 12.1. The van der Waals surface area contributed by atoms with E-state index >= 15 is 0 Å². The van der Waals surface area contributed by atoms with Gasteiger partial charge in [0.1, 0.15) is 5.75 Å². The number of anilines is 1. The average molecular weight is 462 g/mol. The molecule has 0 atom stereocenters. The predicted octanol–water partition coefficient (Wildman–Crippen LogP) is 4.83. The van der Waals surface area contributed by atoms with Gasteiger partial charge in [-0.3, -0.25) is 14.6 Å². The van der Waals surface area contributed by atoms with Gasteiger partial charge >= 0.3 is 0 Å². The minimum absolute atomic E-state index is 0.0846. The Kier molecular flexibility index (Phi) is 6.53. The molecule has 1 aliphatic rings. The molecule has 0 saturated carbocycles. The third-order valence-electron chi connectivity index (χ3n) is 6.02. The zero-order valence-corrected chi connectivity index (χ0v) is 19.5. The topological polar surface area (TPSA) is 54.9 Å². The molecule has 0 unspecified atom stereocenters. The van der Waals surface area contributed by atoms with Gasteiger partial charge in [0.25, 0.3) is 5.91 Å². The fraction of sp³-hybridized carbons (Fsp3) is 0.308. The number of nitrogens with zero attached hydrogens (tertiary/aromatic N) is 3. The molecule has 0 radical (unpaired) electrons. The lowest BCUT2D eigenvalue weighted by Gasteiger charge is -2.28. The van der Waals surface area contributed by atoms with Crippen LogP contribution in [0.5, 0.6) is 5.75 Å². The van der Waals surface area contributed by atoms with Crippen LogP contribution in [0.15, 0.2) is 60.7 Å². The van der Waals surface area contributed by atoms with E-state index in [1.54, 1.807) is 18.4 Å². The smallest absolute Gasteiger partial charge is 0.263 e. The van der Waals surface area contributed by atoms with E-state index in [1.807, 2.05) is 65.6 Å². The number of rotatable bonds is 7. The largest absolute Gasteiger partial charge is 0.496 e. The number of methoxy groups -OCH3 is 1. The molecule has 3 aromatic carbocycles. The average Bonchev–Trinajstić information content (AvgIpc) is 3.30. The van der Waals surface area contributed by atoms with Crippen molar-refractivity contribution in [3.05, 3.63) is 66.2 Å². The molecule has 0 N–H and O–H groups in total. The second kappa shape index (κ2) is 9.87. The van der Waals surface area contributed by atoms with Crippen LogP contribution in [0.2, 0.25) is 0 Å². The Morgan fingerprint density at radius 1 is 1.09 bits per heavy atom. The lowest BCUT2D eigenvalue weighted by Crippen LogP contribution is -2.39. The summed E-state index contributed by atoms with van der Waals surface area (Å²) >= 11 is 1.55. The molecular formula is C26H27N3O3S. The van der Waals surface area contributed by atoms with Crippen molar-refractivity contribution in [1.29, 1.82) is 0 Å². The van der Waals surface area contributed by atoms with Gasteiger partial charge in [-0.1, -0.05) is 47.7 Å². The van der Waals surface area contributed by atoms with Crippen molar-refractivity contribution in [1.82, 2.24) is 9.88 Å². The summed E-state index contributed by atoms with van der Waals surface area (Å²) in [5.74, 6) is 0.497. The number of fused-ring (bicyclic) bond motifs is 2. The first-order valence-electron chi connectivity index (χ1n) is 11.3. The summed E-state index contributed by atoms with van der Waals surface area (Å²) in [5.41, 5.74) is 1.47. The maximum Gasteiger partial charge on any atom is 0.263 e. The number of para-hydroxylation sites is 1. The Morgan fingerprint density at radius 2 is 1.82 bits per heavy atom. The SMILES string of the molecule is COc1cc2ccccc2cc1C(=O)N(CCCN1CCOCC1)c1nc2ccccc2s1. The molecule has 4 aromatic rings. The molecule has 1 saturated heterocycles. The highest BCUT2D eigenvalue weighted by molar-refractivity contribution is 7.22. The van der Waals surface area contributed by atoms with E-state index in [0.717, 1.165) is 65.4 Å². The first kappa shape index (κ1) is 21.8. The summed E-state index contributed by atoms with van der Waals surface area (Å²) in [4.78, 5) is 22.9. The lowest BCUT2D eigenvalue weighted by atomic mass is 10.0. The number of benzene rings is 3. The summed E-state index contributed by atoms with van der Waals surface area (Å²) in [5, 5.41) is 2.78. The molecule has 170 valence electrons. The Hall–Kier alpha value is -3.00. The summed E-state index contributed by atoms with van der Waals surface area (Å²) in [6, 6.07) is 19.9. The minimum atomic E-state index is -0.0846. The Balaban J connectivity index is 1.47. The summed E-state index contributed by atoms with van der Waals surface area (Å²) in [6.45, 7) is 4.93. The Morgan fingerprint density at radius 3 is 2.58 bits per heavy atom. The standard InChI is InChI=1S/C26H27N3O3S/c1-31-23-18-20-8-3-2-7-19(20)17-21(23)25(30)29(12-6-11-28-13-15-32-16-14-28)26-27-22-9-4-5-10-24(22)33-26/h2-5,7-10,17-18H,6,11-16H2,1H3. The molecule has 33 heavy (non-hydrogen) atoms. The van der Waals surface area contributed by atoms with Crippen LogP contribution in [0.25, 0.3) is 21.0 Å². The van der Waals surface area contributed by atoms with Gasteiger partial charge in [-0.2, -0.15) is 0 Å². The van der Waals surface area contributed by atoms with Gasteiger partial charge in [0.05, 0.1) is 36.1 Å². The van der Waals surface area contributed by atoms with Crippen LogP contribution in [-0.2, 0) is 4.74 Å². The molecule has 0 bridgehead atoms. The fourth-order valence-electron chi connectivity index (χ4n) is 4.24. The van der Waals surface area contributed by atoms with E-state index in [4.69, 9.17) is 14.5 Å². The second-order valence-corrected chi connectivity index (χ2v) is 9.14. The van der Waals surface area contributed by atoms with Crippen LogP contribution in [-0.4, -0.2) is 62.3 Å². The highest BCUT2D eigenvalue weighted by Crippen LogP contribution is 2.32. The molecule has 2 heterocycles. The number of aromatic nitrogens is 1. The van der Waals surface area contributed by atoms with Crippen molar-refractivity contribution >= 4 is 43.4 Å². The van der Waals surface area contributed by atoms with E-state index < -0.39 is 0 Å². The second-order valence-electron chi connectivity index (χ2n) is 8.13. The van der Waals surface area contributed by atoms with Crippen LogP contribution in [0, 0.1) is 0 Å². The molecule has 1 aliphatic heterocycles. The Bertz CT molecular complexity index is 1230. The number of hydrogen-bond acceptors (Lipinski definition) is 6. The quantitative estimate of drug-likeness (QED) is 0.395. The van der Waals surface area contributed by atoms with Crippen LogP contribution in [0.3, 0.4) is 0 Å². The zero-order valence-electron chi connectivity index (χ0n) is 18.7. The molecule has 0 aliphatic carbocycles. The van der Waals surface area contributed by atoms with Crippen molar-refractivity contribution < 1.29 is 14.3 Å². The monoisotopic (exact) mass is 461 g/mol. The van der Waals surface area contributed by atoms with Crippen molar-refractivity contribution in [3.8, 4) is 5.75 Å². The van der Waals surface area contributed by atoms with Crippen molar-refractivity contribution in [2.75, 3.05) is 51.4 Å². The summed E-state index contributed by atoms with van der Waals surface area (Å²) in [6.07, 6.45) is 0.859. The minimum Gasteiger partial charge on any atom is -0.496 e. The molecule has 1 aromatic heterocycles. The number of carbonyl (C=O) groups excluding carboxylic acids is 1. The van der Waals surface area contributed by atoms with Crippen LogP contribution in [0.4, 0.5) is 5.13 Å².